The summed E-state index contributed by atoms with van der Waals surface area (Å²) < 4.78 is 63.6. The van der Waals surface area contributed by atoms with E-state index >= 15 is 0 Å². The van der Waals surface area contributed by atoms with Crippen LogP contribution in [0.15, 0.2) is 48.5 Å². The molecule has 3 aromatic carbocycles. The lowest BCUT2D eigenvalue weighted by Gasteiger charge is -2.14. The van der Waals surface area contributed by atoms with Crippen molar-refractivity contribution in [2.24, 2.45) is 0 Å². The van der Waals surface area contributed by atoms with Crippen molar-refractivity contribution in [3.05, 3.63) is 85.6 Å². The van der Waals surface area contributed by atoms with Gasteiger partial charge in [0, 0.05) is 28.6 Å². The van der Waals surface area contributed by atoms with Gasteiger partial charge in [-0.2, -0.15) is 18.4 Å². The molecule has 1 atom stereocenters. The van der Waals surface area contributed by atoms with Crippen LogP contribution < -0.4 is 9.47 Å². The minimum absolute atomic E-state index is 0.149. The minimum Gasteiger partial charge on any atom is -0.490 e. The van der Waals surface area contributed by atoms with Crippen molar-refractivity contribution in [2.45, 2.75) is 18.5 Å². The zero-order valence-corrected chi connectivity index (χ0v) is 20.8. The monoisotopic (exact) mass is 579 g/mol. The van der Waals surface area contributed by atoms with E-state index in [1.54, 1.807) is 0 Å². The SMILES string of the molecule is N#CC(C(=O)CCOc1cc(Oc2ccc(C(F)(F)F)cc2Cl)c(Cl)cc1F)c1ccc(Cl)cc1Cl. The maximum atomic E-state index is 14.4. The van der Waals surface area contributed by atoms with Gasteiger partial charge < -0.3 is 9.47 Å². The summed E-state index contributed by atoms with van der Waals surface area (Å²) in [5.41, 5.74) is -0.704. The molecule has 0 saturated carbocycles. The van der Waals surface area contributed by atoms with Crippen molar-refractivity contribution >= 4 is 52.2 Å². The number of halogens is 8. The van der Waals surface area contributed by atoms with Gasteiger partial charge in [0.05, 0.1) is 28.3 Å². The molecule has 0 aromatic heterocycles. The van der Waals surface area contributed by atoms with Gasteiger partial charge in [0.2, 0.25) is 0 Å². The number of Topliss-reactive ketones (excluding diaryl/α,β-unsaturated/α-hetero) is 1. The van der Waals surface area contributed by atoms with E-state index in [2.05, 4.69) is 0 Å². The Morgan fingerprint density at radius 1 is 0.917 bits per heavy atom. The van der Waals surface area contributed by atoms with E-state index in [1.165, 1.54) is 18.2 Å². The number of nitriles is 1. The minimum atomic E-state index is -4.60. The van der Waals surface area contributed by atoms with Crippen LogP contribution in [-0.2, 0) is 11.0 Å². The number of alkyl halides is 3. The number of hydrogen-bond acceptors (Lipinski definition) is 4. The van der Waals surface area contributed by atoms with Gasteiger partial charge in [-0.05, 0) is 35.9 Å². The number of carbonyl (C=O) groups excluding carboxylic acids is 1. The lowest BCUT2D eigenvalue weighted by Crippen LogP contribution is -2.15. The second-order valence-electron chi connectivity index (χ2n) is 7.25. The third kappa shape index (κ3) is 6.74. The Bertz CT molecular complexity index is 1340. The average Bonchev–Trinajstić information content (AvgIpc) is 2.79. The summed E-state index contributed by atoms with van der Waals surface area (Å²) in [4.78, 5) is 12.6. The fourth-order valence-corrected chi connectivity index (χ4v) is 3.96. The predicted molar refractivity (Wildman–Crippen MR) is 128 cm³/mol. The Morgan fingerprint density at radius 2 is 1.61 bits per heavy atom. The highest BCUT2D eigenvalue weighted by Crippen LogP contribution is 2.40. The zero-order valence-electron chi connectivity index (χ0n) is 17.8. The van der Waals surface area contributed by atoms with Crippen LogP contribution in [0.5, 0.6) is 17.2 Å². The van der Waals surface area contributed by atoms with Gasteiger partial charge in [0.15, 0.2) is 17.3 Å². The van der Waals surface area contributed by atoms with Crippen LogP contribution in [0.4, 0.5) is 17.6 Å². The molecule has 3 aromatic rings. The van der Waals surface area contributed by atoms with Gasteiger partial charge in [-0.15, -0.1) is 0 Å². The highest BCUT2D eigenvalue weighted by Gasteiger charge is 2.31. The molecule has 36 heavy (non-hydrogen) atoms. The fraction of sp³-hybridized carbons (Fsp3) is 0.167. The fourth-order valence-electron chi connectivity index (χ4n) is 3.03. The molecule has 0 aliphatic heterocycles. The highest BCUT2D eigenvalue weighted by atomic mass is 35.5. The molecule has 12 heteroatoms. The van der Waals surface area contributed by atoms with Gasteiger partial charge in [-0.25, -0.2) is 4.39 Å². The summed E-state index contributed by atoms with van der Waals surface area (Å²) in [6.07, 6.45) is -4.86. The van der Waals surface area contributed by atoms with E-state index in [0.717, 1.165) is 24.3 Å². The molecule has 0 heterocycles. The van der Waals surface area contributed by atoms with Crippen LogP contribution in [0.3, 0.4) is 0 Å². The van der Waals surface area contributed by atoms with Gasteiger partial charge in [0.25, 0.3) is 0 Å². The molecule has 188 valence electrons. The highest BCUT2D eigenvalue weighted by molar-refractivity contribution is 6.35. The number of nitrogens with zero attached hydrogens (tertiary/aromatic N) is 1. The van der Waals surface area contributed by atoms with Crippen molar-refractivity contribution in [1.29, 1.82) is 5.26 Å². The lowest BCUT2D eigenvalue weighted by atomic mass is 9.94. The Balaban J connectivity index is 1.71. The van der Waals surface area contributed by atoms with Crippen LogP contribution in [0, 0.1) is 17.1 Å². The van der Waals surface area contributed by atoms with Crippen molar-refractivity contribution in [1.82, 2.24) is 0 Å². The van der Waals surface area contributed by atoms with Crippen LogP contribution >= 0.6 is 46.4 Å². The van der Waals surface area contributed by atoms with Crippen LogP contribution in [-0.4, -0.2) is 12.4 Å². The maximum absolute atomic E-state index is 14.4. The number of ether oxygens (including phenoxy) is 2. The Morgan fingerprint density at radius 3 is 2.22 bits per heavy atom. The molecule has 0 spiro atoms. The standard InChI is InChI=1S/C24H13Cl4F4NO3/c25-13-2-3-14(16(26)8-13)15(11-33)20(34)5-6-35-23-10-22(18(28)9-19(23)29)36-21-4-1-12(7-17(21)27)24(30,31)32/h1-4,7-10,15H,5-6H2. The largest absolute Gasteiger partial charge is 0.490 e. The molecule has 0 saturated heterocycles. The molecule has 0 N–H and O–H groups in total. The van der Waals surface area contributed by atoms with E-state index in [1.807, 2.05) is 6.07 Å². The molecule has 0 radical (unpaired) electrons. The Labute approximate surface area is 222 Å². The van der Waals surface area contributed by atoms with Crippen molar-refractivity contribution in [2.75, 3.05) is 6.61 Å². The zero-order chi connectivity index (χ0) is 26.6. The van der Waals surface area contributed by atoms with E-state index in [4.69, 9.17) is 55.9 Å². The van der Waals surface area contributed by atoms with E-state index in [9.17, 15) is 27.6 Å². The smallest absolute Gasteiger partial charge is 0.416 e. The average molecular weight is 581 g/mol. The van der Waals surface area contributed by atoms with Crippen LogP contribution in [0.1, 0.15) is 23.5 Å². The summed E-state index contributed by atoms with van der Waals surface area (Å²) >= 11 is 23.8. The number of rotatable bonds is 8. The van der Waals surface area contributed by atoms with Gasteiger partial charge in [-0.3, -0.25) is 4.79 Å². The molecule has 4 nitrogen and oxygen atoms in total. The molecule has 1 unspecified atom stereocenters. The molecular formula is C24H13Cl4F4NO3. The van der Waals surface area contributed by atoms with Gasteiger partial charge in [-0.1, -0.05) is 52.5 Å². The quantitative estimate of drug-likeness (QED) is 0.250. The maximum Gasteiger partial charge on any atom is 0.416 e. The van der Waals surface area contributed by atoms with Crippen molar-refractivity contribution in [3.8, 4) is 23.3 Å². The summed E-state index contributed by atoms with van der Waals surface area (Å²) in [5, 5.41) is 9.37. The van der Waals surface area contributed by atoms with E-state index in [-0.39, 0.29) is 50.9 Å². The molecule has 0 aliphatic rings. The molecule has 3 rings (SSSR count). The number of hydrogen-bond donors (Lipinski definition) is 0. The topological polar surface area (TPSA) is 59.3 Å². The first kappa shape index (κ1) is 27.9. The number of carbonyl (C=O) groups is 1. The predicted octanol–water partition coefficient (Wildman–Crippen LogP) is 8.90. The molecular weight excluding hydrogens is 568 g/mol. The van der Waals surface area contributed by atoms with Crippen molar-refractivity contribution in [3.63, 3.8) is 0 Å². The lowest BCUT2D eigenvalue weighted by molar-refractivity contribution is -0.137. The van der Waals surface area contributed by atoms with Gasteiger partial charge >= 0.3 is 6.18 Å². The normalized spacial score (nSPS) is 12.1. The Kier molecular flexibility index (Phi) is 8.96. The summed E-state index contributed by atoms with van der Waals surface area (Å²) in [6.45, 7) is -0.304. The summed E-state index contributed by atoms with van der Waals surface area (Å²) in [7, 11) is 0. The van der Waals surface area contributed by atoms with Crippen molar-refractivity contribution < 1.29 is 31.8 Å². The first-order valence-electron chi connectivity index (χ1n) is 9.94. The molecule has 0 fully saturated rings. The van der Waals surface area contributed by atoms with E-state index < -0.39 is 29.3 Å². The third-order valence-electron chi connectivity index (χ3n) is 4.80. The van der Waals surface area contributed by atoms with Gasteiger partial charge in [0.1, 0.15) is 17.4 Å². The number of benzene rings is 3. The van der Waals surface area contributed by atoms with E-state index in [0.29, 0.717) is 11.1 Å². The van der Waals surface area contributed by atoms with Crippen LogP contribution in [0.25, 0.3) is 0 Å². The van der Waals surface area contributed by atoms with Crippen LogP contribution in [0.2, 0.25) is 20.1 Å². The molecule has 0 bridgehead atoms. The summed E-state index contributed by atoms with van der Waals surface area (Å²) in [5.74, 6) is -3.24. The first-order valence-corrected chi connectivity index (χ1v) is 11.5. The number of ketones is 1. The molecule has 0 aliphatic carbocycles. The third-order valence-corrected chi connectivity index (χ3v) is 5.95. The molecule has 0 amide bonds. The second kappa shape index (κ2) is 11.6. The second-order valence-corrected chi connectivity index (χ2v) is 8.91. The summed E-state index contributed by atoms with van der Waals surface area (Å²) in [6, 6.07) is 10.6. The first-order chi connectivity index (χ1) is 16.9. The Hall–Kier alpha value is -2.70.